The average molecular weight is 594 g/mol. The number of phosphoric acid groups is 3. The van der Waals surface area contributed by atoms with Gasteiger partial charge in [-0.2, -0.15) is 0 Å². The molecule has 0 fully saturated rings. The molecule has 0 heterocycles. The first-order valence-electron chi connectivity index (χ1n) is 2.19. The van der Waals surface area contributed by atoms with Crippen LogP contribution in [0.3, 0.4) is 0 Å². The van der Waals surface area contributed by atoms with Crippen molar-refractivity contribution in [2.75, 3.05) is 0 Å². The first kappa shape index (κ1) is 134. The van der Waals surface area contributed by atoms with Crippen LogP contribution in [0.2, 0.25) is 0 Å². The van der Waals surface area contributed by atoms with Crippen molar-refractivity contribution in [2.45, 2.75) is 0 Å². The molecule has 29 heavy (non-hydrogen) atoms. The van der Waals surface area contributed by atoms with E-state index in [4.69, 9.17) is 0 Å². The van der Waals surface area contributed by atoms with Gasteiger partial charge in [0.1, 0.15) is 0 Å². The zero-order valence-electron chi connectivity index (χ0n) is 14.3. The molecule has 0 aromatic carbocycles. The van der Waals surface area contributed by atoms with E-state index in [9.17, 15) is 38.2 Å². The molecule has 0 aliphatic heterocycles. The summed E-state index contributed by atoms with van der Waals surface area (Å²) in [6.07, 6.45) is 0. The fourth-order valence-corrected chi connectivity index (χ4v) is 2.61. The van der Waals surface area contributed by atoms with E-state index in [1.807, 2.05) is 0 Å². The number of hydrogen-bond donors (Lipinski definition) is 0. The third-order valence-electron chi connectivity index (χ3n) is 0.400. The van der Waals surface area contributed by atoms with Gasteiger partial charge >= 0.3 is 106 Å². The molecule has 0 saturated heterocycles. The molecule has 0 aliphatic rings. The van der Waals surface area contributed by atoms with Crippen LogP contribution >= 0.6 is 23.5 Å². The molecule has 0 rings (SSSR count). The third kappa shape index (κ3) is 114. The van der Waals surface area contributed by atoms with Gasteiger partial charge in [-0.05, 0) is 0 Å². The molecule has 16 N–H and O–H groups in total. The van der Waals surface area contributed by atoms with E-state index in [0.29, 0.717) is 0 Å². The van der Waals surface area contributed by atoms with Gasteiger partial charge in [-0.25, -0.2) is 0 Å². The first-order chi connectivity index (χ1) is 5.41. The summed E-state index contributed by atoms with van der Waals surface area (Å²) >= 11 is 0. The second kappa shape index (κ2) is 53.0. The van der Waals surface area contributed by atoms with Gasteiger partial charge in [-0.15, -0.1) is 0 Å². The van der Waals surface area contributed by atoms with Gasteiger partial charge in [0, 0.05) is 0 Å². The third-order valence-corrected chi connectivity index (χ3v) is 3.60. The van der Waals surface area contributed by atoms with Crippen molar-refractivity contribution in [3.63, 3.8) is 0 Å². The fourth-order valence-electron chi connectivity index (χ4n) is 0.260. The van der Waals surface area contributed by atoms with Crippen LogP contribution < -0.4 is 113 Å². The van der Waals surface area contributed by atoms with Gasteiger partial charge in [0.05, 0.1) is 15.6 Å². The normalized spacial score (nSPS) is 6.52. The Hall–Kier alpha value is 3.45. The summed E-state index contributed by atoms with van der Waals surface area (Å²) in [7, 11) is -17.9. The fraction of sp³-hybridized carbons (Fsp3) is 0. The number of hydrogen-bond acceptors (Lipinski definition) is 18. The van der Waals surface area contributed by atoms with Crippen LogP contribution in [0.5, 0.6) is 0 Å². The van der Waals surface area contributed by atoms with Crippen molar-refractivity contribution < 1.29 is 218 Å². The summed E-state index contributed by atoms with van der Waals surface area (Å²) in [5.74, 6) is 0. The van der Waals surface area contributed by atoms with Crippen molar-refractivity contribution in [1.29, 1.82) is 0 Å². The Morgan fingerprint density at radius 3 is 0.621 bits per heavy atom. The Morgan fingerprint density at radius 1 is 0.448 bits per heavy atom. The van der Waals surface area contributed by atoms with Crippen molar-refractivity contribution in [3.05, 3.63) is 0 Å². The summed E-state index contributed by atoms with van der Waals surface area (Å²) in [6, 6.07) is 0. The van der Waals surface area contributed by atoms with Crippen LogP contribution in [-0.2, 0) is 39.4 Å². The quantitative estimate of drug-likeness (QED) is 0.215. The smallest absolute Gasteiger partial charge is 0.870 e. The summed E-state index contributed by atoms with van der Waals surface area (Å²) in [6.45, 7) is 0. The average Bonchev–Trinajstić information content (AvgIpc) is 1.43. The molecule has 1 radical (unpaired) electrons. The molecule has 0 aromatic heterocycles. The standard InChI is InChI=1S/Cu.3Na.H5O10P3.12H2O/c;;;;1-11(2,3)9-13(7,8)10-12(4,5)6;;;;;;;;;;;;/h;;;;(H,7,8)(H2,1,2,3)(H2,4,5,6);12*1H2/q+2;3*+1;;;;;;;;;;;;;/p-13. The van der Waals surface area contributed by atoms with E-state index >= 15 is 0 Å². The van der Waals surface area contributed by atoms with Crippen molar-refractivity contribution in [2.24, 2.45) is 0 Å². The Kier molecular flexibility index (Phi) is 246. The van der Waals surface area contributed by atoms with Crippen molar-refractivity contribution >= 4 is 23.5 Å². The van der Waals surface area contributed by atoms with Crippen LogP contribution in [-0.4, -0.2) is 65.7 Å². The van der Waals surface area contributed by atoms with E-state index in [0.717, 1.165) is 0 Å². The minimum atomic E-state index is -5.97. The first-order valence-corrected chi connectivity index (χ1v) is 6.57. The molecule has 0 amide bonds. The van der Waals surface area contributed by atoms with E-state index in [-0.39, 0.29) is 171 Å². The van der Waals surface area contributed by atoms with E-state index < -0.39 is 23.5 Å². The van der Waals surface area contributed by atoms with Gasteiger partial charge in [-0.1, -0.05) is 0 Å². The zero-order valence-corrected chi connectivity index (χ0v) is 23.9. The maximum absolute atomic E-state index is 10.1. The summed E-state index contributed by atoms with van der Waals surface area (Å²) in [5.41, 5.74) is 0. The summed E-state index contributed by atoms with van der Waals surface area (Å²) in [5, 5.41) is 0. The maximum Gasteiger partial charge on any atom is 2.00 e. The Labute approximate surface area is 239 Å². The van der Waals surface area contributed by atoms with Crippen molar-refractivity contribution in [3.8, 4) is 0 Å². The van der Waals surface area contributed by atoms with Crippen molar-refractivity contribution in [1.82, 2.24) is 0 Å². The van der Waals surface area contributed by atoms with Gasteiger partial charge < -0.3 is 99.3 Å². The molecule has 185 valence electrons. The van der Waals surface area contributed by atoms with Crippen LogP contribution in [0.15, 0.2) is 0 Å². The molecule has 22 nitrogen and oxygen atoms in total. The second-order valence-electron chi connectivity index (χ2n) is 1.50. The zero-order chi connectivity index (χ0) is 10.9. The molecule has 0 spiro atoms. The minimum absolute atomic E-state index is 0. The second-order valence-corrected chi connectivity index (χ2v) is 5.49. The molecule has 0 bridgehead atoms. The predicted molar refractivity (Wildman–Crippen MR) is 54.9 cm³/mol. The van der Waals surface area contributed by atoms with Gasteiger partial charge in [0.2, 0.25) is 0 Å². The molecular formula is H16CuNa3O22P3-8. The Morgan fingerprint density at radius 2 is 0.552 bits per heavy atom. The Bertz CT molecular complexity index is 295. The largest absolute Gasteiger partial charge is 2.00 e. The minimum Gasteiger partial charge on any atom is -0.870 e. The van der Waals surface area contributed by atoms with E-state index in [2.05, 4.69) is 8.62 Å². The maximum atomic E-state index is 10.1. The molecule has 0 aromatic rings. The molecule has 29 heteroatoms. The summed E-state index contributed by atoms with van der Waals surface area (Å²) in [4.78, 5) is 48.6. The van der Waals surface area contributed by atoms with Crippen LogP contribution in [0.1, 0.15) is 0 Å². The monoisotopic (exact) mass is 593 g/mol. The topological polar surface area (TPSA) is 551 Å². The van der Waals surface area contributed by atoms with Gasteiger partial charge in [0.15, 0.2) is 0 Å². The Balaban J connectivity index is -0.00000000600. The van der Waals surface area contributed by atoms with Crippen LogP contribution in [0.25, 0.3) is 0 Å². The molecule has 0 aliphatic carbocycles. The predicted octanol–water partition coefficient (Wildman–Crippen LogP) is -17.6. The van der Waals surface area contributed by atoms with Crippen LogP contribution in [0, 0.1) is 0 Å². The van der Waals surface area contributed by atoms with E-state index in [1.165, 1.54) is 0 Å². The summed E-state index contributed by atoms with van der Waals surface area (Å²) < 4.78 is 34.7. The molecule has 0 saturated carbocycles. The molecule has 0 atom stereocenters. The molecule has 0 unspecified atom stereocenters. The van der Waals surface area contributed by atoms with Gasteiger partial charge in [0.25, 0.3) is 7.82 Å². The van der Waals surface area contributed by atoms with E-state index in [1.54, 1.807) is 0 Å². The SMILES string of the molecule is O.O.O.O.O=P([O-])([O-])OP(=O)([O-])OP(=O)([O-])[O-].[Cu+2].[Na+].[Na+].[Na+].[OH-].[OH-].[OH-].[OH-].[OH-].[OH-].[OH-].[OH-]. The molecular weight excluding hydrogens is 577 g/mol. The van der Waals surface area contributed by atoms with Crippen LogP contribution in [0.4, 0.5) is 0 Å². The van der Waals surface area contributed by atoms with Gasteiger partial charge in [-0.3, -0.25) is 13.2 Å². The number of rotatable bonds is 4.